The molecule has 0 amide bonds. The zero-order valence-electron chi connectivity index (χ0n) is 37.2. The summed E-state index contributed by atoms with van der Waals surface area (Å²) in [6, 6.07) is 0. The number of carboxylic acid groups (broad SMARTS) is 1. The summed E-state index contributed by atoms with van der Waals surface area (Å²) in [6.45, 7) is 32.8. The number of carbonyl (C=O) groups is 3. The molecule has 0 bridgehead atoms. The molecule has 0 aromatic heterocycles. The van der Waals surface area contributed by atoms with Crippen LogP contribution in [0.5, 0.6) is 0 Å². The van der Waals surface area contributed by atoms with Gasteiger partial charge in [0.25, 0.3) is 5.97 Å². The number of aliphatic hydroxyl groups is 1. The van der Waals surface area contributed by atoms with Crippen LogP contribution < -0.4 is 0 Å². The molecule has 22 heteroatoms. The van der Waals surface area contributed by atoms with E-state index in [1.165, 1.54) is 41.7 Å². The average molecular weight is 819 g/mol. The number of aliphatic carboxylic acids is 1. The molecule has 0 saturated heterocycles. The quantitative estimate of drug-likeness (QED) is 0.0594. The van der Waals surface area contributed by atoms with Gasteiger partial charge in [-0.3, -0.25) is 18.8 Å². The van der Waals surface area contributed by atoms with Gasteiger partial charge < -0.3 is 49.3 Å². The van der Waals surface area contributed by atoms with Crippen molar-refractivity contribution < 1.29 is 76.8 Å². The van der Waals surface area contributed by atoms with Crippen LogP contribution in [0.4, 0.5) is 13.2 Å². The first-order chi connectivity index (χ1) is 24.0. The van der Waals surface area contributed by atoms with Gasteiger partial charge in [-0.05, 0) is 25.9 Å². The number of esters is 2. The predicted molar refractivity (Wildman–Crippen MR) is 224 cm³/mol. The number of ether oxygens (including phenoxy) is 4. The van der Waals surface area contributed by atoms with Crippen molar-refractivity contribution in [2.45, 2.75) is 137 Å². The standard InChI is InChI=1S/C3H6F2O.2C3H6O2.C3H6OS.C2H4O2.6C2H6.2CH5BO2.CH3F.CH4O.BHNS/c1-3(4,5)6-2;2*1-3(4)5-2;1-3(5)4-2;1-2(3)4;6*1-2;2*1-2(3)4;2*1-2;1-2-3/h1-2H3;3*1-2H3;1H3,(H,3,4);6*1-2H3;2*3-4H,1H3;1H3;2H,1H3;3H. The molecular formula is C30H82B3F3NO13S2. The fourth-order valence-corrected chi connectivity index (χ4v) is 0. The molecule has 0 fully saturated rings. The summed E-state index contributed by atoms with van der Waals surface area (Å²) in [6.07, 6.45) is -2.96. The first kappa shape index (κ1) is 104. The van der Waals surface area contributed by atoms with Gasteiger partial charge in [-0.1, -0.05) is 83.1 Å². The van der Waals surface area contributed by atoms with Gasteiger partial charge in [-0.15, -0.1) is 0 Å². The molecule has 0 aliphatic rings. The van der Waals surface area contributed by atoms with E-state index < -0.39 is 26.3 Å². The molecule has 0 aromatic rings. The number of thiol groups is 1. The topological polar surface area (TPSA) is 222 Å². The van der Waals surface area contributed by atoms with Gasteiger partial charge in [0.2, 0.25) is 0 Å². The maximum absolute atomic E-state index is 11.2. The molecule has 0 aliphatic carbocycles. The molecule has 0 spiro atoms. The molecule has 0 unspecified atom stereocenters. The van der Waals surface area contributed by atoms with E-state index in [4.69, 9.17) is 35.1 Å². The third-order valence-electron chi connectivity index (χ3n) is 1.22. The Labute approximate surface area is 330 Å². The molecule has 0 rings (SSSR count). The number of carbonyl (C=O) groups excluding carboxylic acids is 2. The van der Waals surface area contributed by atoms with E-state index in [0.717, 1.165) is 21.1 Å². The summed E-state index contributed by atoms with van der Waals surface area (Å²) >= 11 is 7.67. The van der Waals surface area contributed by atoms with Gasteiger partial charge in [0.1, 0.15) is 0 Å². The molecule has 52 heavy (non-hydrogen) atoms. The van der Waals surface area contributed by atoms with Gasteiger partial charge in [0.05, 0.1) is 28.5 Å². The predicted octanol–water partition coefficient (Wildman–Crippen LogP) is 7.39. The SMILES string of the molecule is CB(O)O.CB(O)O.CC.CC.CC.CC.CC.CC.CC(=O)O.CF.CO.COC(C)(F)F.COC(C)=O.COC(C)=O.COC(C)=S.[B]=NS. The van der Waals surface area contributed by atoms with E-state index in [9.17, 15) is 22.8 Å². The van der Waals surface area contributed by atoms with E-state index in [1.54, 1.807) is 14.0 Å². The van der Waals surface area contributed by atoms with Crippen molar-refractivity contribution in [2.24, 2.45) is 4.30 Å². The van der Waals surface area contributed by atoms with Crippen LogP contribution in [0.15, 0.2) is 4.30 Å². The van der Waals surface area contributed by atoms with E-state index in [0.29, 0.717) is 19.2 Å². The summed E-state index contributed by atoms with van der Waals surface area (Å²) in [5.41, 5.74) is 0. The number of nitrogens with zero attached hydrogens (tertiary/aromatic N) is 1. The van der Waals surface area contributed by atoms with Crippen LogP contribution >= 0.6 is 25.0 Å². The first-order valence-electron chi connectivity index (χ1n) is 15.8. The van der Waals surface area contributed by atoms with Crippen molar-refractivity contribution in [2.75, 3.05) is 42.7 Å². The van der Waals surface area contributed by atoms with Crippen LogP contribution in [0.25, 0.3) is 0 Å². The van der Waals surface area contributed by atoms with Crippen LogP contribution in [-0.4, -0.2) is 124 Å². The van der Waals surface area contributed by atoms with Gasteiger partial charge in [0, 0.05) is 48.8 Å². The number of alkyl halides is 3. The van der Waals surface area contributed by atoms with Crippen molar-refractivity contribution in [3.8, 4) is 0 Å². The number of carboxylic acids is 1. The Bertz CT molecular complexity index is 476. The maximum atomic E-state index is 11.2. The second-order valence-corrected chi connectivity index (χ2v) is 5.80. The van der Waals surface area contributed by atoms with Gasteiger partial charge in [0.15, 0.2) is 5.05 Å². The Kier molecular flexibility index (Phi) is 309. The van der Waals surface area contributed by atoms with E-state index in [-0.39, 0.29) is 11.9 Å². The first-order valence-corrected chi connectivity index (χ1v) is 16.6. The molecule has 0 atom stereocenters. The third-order valence-corrected chi connectivity index (χ3v) is 1.39. The van der Waals surface area contributed by atoms with Crippen molar-refractivity contribution in [3.63, 3.8) is 0 Å². The number of rotatable bonds is 1. The number of aliphatic hydroxyl groups excluding tert-OH is 1. The van der Waals surface area contributed by atoms with Crippen LogP contribution in [0.3, 0.4) is 0 Å². The Morgan fingerprint density at radius 1 is 0.654 bits per heavy atom. The minimum atomic E-state index is -2.96. The summed E-state index contributed by atoms with van der Waals surface area (Å²) in [5.74, 6) is -1.32. The zero-order valence-corrected chi connectivity index (χ0v) is 38.9. The molecule has 6 N–H and O–H groups in total. The number of hydrogen-bond donors (Lipinski definition) is 7. The van der Waals surface area contributed by atoms with Gasteiger partial charge in [-0.2, -0.15) is 8.78 Å². The van der Waals surface area contributed by atoms with Crippen molar-refractivity contribution in [1.29, 1.82) is 0 Å². The molecule has 0 heterocycles. The molecule has 0 aliphatic heterocycles. The van der Waals surface area contributed by atoms with Gasteiger partial charge in [-0.25, -0.2) is 0 Å². The zero-order chi connectivity index (χ0) is 47.5. The van der Waals surface area contributed by atoms with Crippen molar-refractivity contribution in [3.05, 3.63) is 0 Å². The second-order valence-electron chi connectivity index (χ2n) is 5.00. The average Bonchev–Trinajstić information content (AvgIpc) is 3.12. The van der Waals surface area contributed by atoms with Crippen LogP contribution in [0.2, 0.25) is 13.6 Å². The second kappa shape index (κ2) is 155. The summed E-state index contributed by atoms with van der Waals surface area (Å²) in [4.78, 5) is 28.2. The van der Waals surface area contributed by atoms with Crippen LogP contribution in [0.1, 0.15) is 118 Å². The monoisotopic (exact) mass is 819 g/mol. The normalized spacial score (nSPS) is 6.02. The molecule has 327 valence electrons. The number of thiocarbonyl (C=S) groups is 1. The summed E-state index contributed by atoms with van der Waals surface area (Å²) in [5, 5.41) is 45.4. The Balaban J connectivity index is -0.0000000193. The minimum absolute atomic E-state index is 0.245. The molecule has 0 saturated carbocycles. The Hall–Kier alpha value is -1.81. The van der Waals surface area contributed by atoms with Crippen LogP contribution in [0, 0.1) is 0 Å². The number of hydrogen-bond acceptors (Lipinski definition) is 15. The Morgan fingerprint density at radius 2 is 0.712 bits per heavy atom. The van der Waals surface area contributed by atoms with E-state index in [1.807, 2.05) is 83.1 Å². The van der Waals surface area contributed by atoms with Gasteiger partial charge >= 0.3 is 57.0 Å². The molecule has 14 nitrogen and oxygen atoms in total. The van der Waals surface area contributed by atoms with Crippen LogP contribution in [-0.2, 0) is 33.3 Å². The van der Waals surface area contributed by atoms with E-state index >= 15 is 0 Å². The fourth-order valence-electron chi connectivity index (χ4n) is 0. The third kappa shape index (κ3) is 2070. The Morgan fingerprint density at radius 3 is 0.712 bits per heavy atom. The fraction of sp³-hybridized carbons (Fsp3) is 0.867. The summed E-state index contributed by atoms with van der Waals surface area (Å²) in [7, 11) is 8.72. The summed E-state index contributed by atoms with van der Waals surface area (Å²) < 4.78 is 51.0. The van der Waals surface area contributed by atoms with E-state index in [2.05, 4.69) is 55.9 Å². The number of halogens is 3. The van der Waals surface area contributed by atoms with Crippen molar-refractivity contribution in [1.82, 2.24) is 0 Å². The molecule has 1 radical (unpaired) electrons. The van der Waals surface area contributed by atoms with Crippen molar-refractivity contribution >= 4 is 69.9 Å². The molecular weight excluding hydrogens is 736 g/mol. The number of methoxy groups -OCH3 is 4. The molecule has 0 aromatic carbocycles.